The van der Waals surface area contributed by atoms with Crippen LogP contribution in [0.5, 0.6) is 11.5 Å². The predicted molar refractivity (Wildman–Crippen MR) is 85.1 cm³/mol. The second kappa shape index (κ2) is 7.03. The van der Waals surface area contributed by atoms with Crippen LogP contribution in [0.15, 0.2) is 48.5 Å². The molecule has 1 aliphatic carbocycles. The number of rotatable bonds is 7. The number of benzene rings is 2. The van der Waals surface area contributed by atoms with Crippen molar-refractivity contribution in [3.8, 4) is 11.5 Å². The highest BCUT2D eigenvalue weighted by molar-refractivity contribution is 5.46. The standard InChI is InChI=1S/C18H18F3NO2/c19-18(20,21)24-16-8-9-17(23-12-13-6-7-13)14(10-16)11-22-15-4-2-1-3-5-15/h1-5,8-10,13,22H,6-7,11-12H2. The Bertz CT molecular complexity index is 670. The van der Waals surface area contributed by atoms with Gasteiger partial charge in [0.2, 0.25) is 0 Å². The highest BCUT2D eigenvalue weighted by atomic mass is 19.4. The molecule has 0 saturated heterocycles. The van der Waals surface area contributed by atoms with E-state index in [1.54, 1.807) is 0 Å². The molecule has 2 aromatic carbocycles. The van der Waals surface area contributed by atoms with Crippen LogP contribution in [0.1, 0.15) is 18.4 Å². The van der Waals surface area contributed by atoms with E-state index in [2.05, 4.69) is 10.1 Å². The Morgan fingerprint density at radius 1 is 1.04 bits per heavy atom. The van der Waals surface area contributed by atoms with Crippen LogP contribution < -0.4 is 14.8 Å². The van der Waals surface area contributed by atoms with Gasteiger partial charge in [0, 0.05) is 17.8 Å². The molecule has 0 bridgehead atoms. The van der Waals surface area contributed by atoms with Crippen LogP contribution in [-0.2, 0) is 6.54 Å². The third kappa shape index (κ3) is 5.08. The number of para-hydroxylation sites is 1. The molecule has 2 aromatic rings. The zero-order chi connectivity index (χ0) is 17.0. The molecule has 24 heavy (non-hydrogen) atoms. The third-order valence-electron chi connectivity index (χ3n) is 3.69. The number of ether oxygens (including phenoxy) is 2. The van der Waals surface area contributed by atoms with E-state index < -0.39 is 6.36 Å². The minimum absolute atomic E-state index is 0.244. The van der Waals surface area contributed by atoms with Gasteiger partial charge in [0.15, 0.2) is 0 Å². The lowest BCUT2D eigenvalue weighted by Crippen LogP contribution is -2.17. The maximum atomic E-state index is 12.4. The molecular formula is C18H18F3NO2. The fourth-order valence-electron chi connectivity index (χ4n) is 2.28. The van der Waals surface area contributed by atoms with E-state index in [0.717, 1.165) is 18.5 Å². The van der Waals surface area contributed by atoms with Gasteiger partial charge >= 0.3 is 6.36 Å². The first-order valence-corrected chi connectivity index (χ1v) is 7.80. The van der Waals surface area contributed by atoms with Crippen LogP contribution in [0.2, 0.25) is 0 Å². The molecule has 0 heterocycles. The van der Waals surface area contributed by atoms with Crippen LogP contribution in [0.4, 0.5) is 18.9 Å². The summed E-state index contributed by atoms with van der Waals surface area (Å²) in [5.41, 5.74) is 1.51. The minimum atomic E-state index is -4.71. The molecule has 0 atom stereocenters. The van der Waals surface area contributed by atoms with Crippen LogP contribution in [0, 0.1) is 5.92 Å². The topological polar surface area (TPSA) is 30.5 Å². The van der Waals surface area contributed by atoms with Gasteiger partial charge in [-0.2, -0.15) is 0 Å². The normalized spacial score (nSPS) is 14.3. The Hall–Kier alpha value is -2.37. The van der Waals surface area contributed by atoms with Crippen molar-refractivity contribution in [2.24, 2.45) is 5.92 Å². The Morgan fingerprint density at radius 2 is 1.79 bits per heavy atom. The highest BCUT2D eigenvalue weighted by Crippen LogP contribution is 2.32. The van der Waals surface area contributed by atoms with E-state index in [9.17, 15) is 13.2 Å². The minimum Gasteiger partial charge on any atom is -0.493 e. The summed E-state index contributed by atoms with van der Waals surface area (Å²) in [6.07, 6.45) is -2.42. The molecule has 0 unspecified atom stereocenters. The largest absolute Gasteiger partial charge is 0.573 e. The lowest BCUT2D eigenvalue weighted by atomic mass is 10.1. The maximum absolute atomic E-state index is 12.4. The van der Waals surface area contributed by atoms with E-state index in [4.69, 9.17) is 4.74 Å². The van der Waals surface area contributed by atoms with E-state index in [1.165, 1.54) is 18.2 Å². The van der Waals surface area contributed by atoms with E-state index in [-0.39, 0.29) is 5.75 Å². The molecule has 0 aliphatic heterocycles. The van der Waals surface area contributed by atoms with Crippen LogP contribution in [0.3, 0.4) is 0 Å². The summed E-state index contributed by atoms with van der Waals surface area (Å²) in [5.74, 6) is 0.900. The summed E-state index contributed by atoms with van der Waals surface area (Å²) < 4.78 is 47.0. The van der Waals surface area contributed by atoms with E-state index in [0.29, 0.717) is 30.4 Å². The van der Waals surface area contributed by atoms with Crippen LogP contribution in [0.25, 0.3) is 0 Å². The van der Waals surface area contributed by atoms with Crippen molar-refractivity contribution in [2.45, 2.75) is 25.7 Å². The summed E-state index contributed by atoms with van der Waals surface area (Å²) in [6, 6.07) is 13.6. The number of anilines is 1. The van der Waals surface area contributed by atoms with Gasteiger partial charge in [0.1, 0.15) is 11.5 Å². The smallest absolute Gasteiger partial charge is 0.493 e. The number of alkyl halides is 3. The Labute approximate surface area is 138 Å². The van der Waals surface area contributed by atoms with Gasteiger partial charge in [0.25, 0.3) is 0 Å². The quantitative estimate of drug-likeness (QED) is 0.772. The molecule has 3 rings (SSSR count). The average molecular weight is 337 g/mol. The monoisotopic (exact) mass is 337 g/mol. The first-order valence-electron chi connectivity index (χ1n) is 7.80. The molecule has 1 aliphatic rings. The van der Waals surface area contributed by atoms with Crippen molar-refractivity contribution in [2.75, 3.05) is 11.9 Å². The van der Waals surface area contributed by atoms with Gasteiger partial charge in [-0.1, -0.05) is 18.2 Å². The fourth-order valence-corrected chi connectivity index (χ4v) is 2.28. The Morgan fingerprint density at radius 3 is 2.46 bits per heavy atom. The van der Waals surface area contributed by atoms with Gasteiger partial charge in [-0.25, -0.2) is 0 Å². The maximum Gasteiger partial charge on any atom is 0.573 e. The van der Waals surface area contributed by atoms with Crippen molar-refractivity contribution < 1.29 is 22.6 Å². The molecule has 1 saturated carbocycles. The fraction of sp³-hybridized carbons (Fsp3) is 0.333. The van der Waals surface area contributed by atoms with Crippen LogP contribution >= 0.6 is 0 Å². The zero-order valence-electron chi connectivity index (χ0n) is 13.0. The van der Waals surface area contributed by atoms with Crippen molar-refractivity contribution in [1.29, 1.82) is 0 Å². The third-order valence-corrected chi connectivity index (χ3v) is 3.69. The van der Waals surface area contributed by atoms with E-state index >= 15 is 0 Å². The molecule has 0 radical (unpaired) electrons. The first-order chi connectivity index (χ1) is 11.5. The number of hydrogen-bond acceptors (Lipinski definition) is 3. The van der Waals surface area contributed by atoms with Crippen molar-refractivity contribution in [1.82, 2.24) is 0 Å². The molecule has 0 aromatic heterocycles. The molecule has 6 heteroatoms. The van der Waals surface area contributed by atoms with E-state index in [1.807, 2.05) is 30.3 Å². The summed E-state index contributed by atoms with van der Waals surface area (Å²) in [7, 11) is 0. The second-order valence-corrected chi connectivity index (χ2v) is 5.79. The zero-order valence-corrected chi connectivity index (χ0v) is 13.0. The number of hydrogen-bond donors (Lipinski definition) is 1. The second-order valence-electron chi connectivity index (χ2n) is 5.79. The van der Waals surface area contributed by atoms with Crippen molar-refractivity contribution >= 4 is 5.69 Å². The molecule has 128 valence electrons. The lowest BCUT2D eigenvalue weighted by molar-refractivity contribution is -0.274. The highest BCUT2D eigenvalue weighted by Gasteiger charge is 2.31. The van der Waals surface area contributed by atoms with Crippen molar-refractivity contribution in [3.05, 3.63) is 54.1 Å². The lowest BCUT2D eigenvalue weighted by Gasteiger charge is -2.15. The predicted octanol–water partition coefficient (Wildman–Crippen LogP) is 4.99. The summed E-state index contributed by atoms with van der Waals surface area (Å²) in [5, 5.41) is 3.18. The summed E-state index contributed by atoms with van der Waals surface area (Å²) >= 11 is 0. The van der Waals surface area contributed by atoms with Gasteiger partial charge in [-0.15, -0.1) is 13.2 Å². The van der Waals surface area contributed by atoms with Gasteiger partial charge in [-0.3, -0.25) is 0 Å². The average Bonchev–Trinajstić information content (AvgIpc) is 3.36. The number of nitrogens with one attached hydrogen (secondary N) is 1. The first kappa shape index (κ1) is 16.5. The molecule has 0 amide bonds. The Balaban J connectivity index is 1.73. The van der Waals surface area contributed by atoms with Crippen molar-refractivity contribution in [3.63, 3.8) is 0 Å². The van der Waals surface area contributed by atoms with Crippen LogP contribution in [-0.4, -0.2) is 13.0 Å². The summed E-state index contributed by atoms with van der Waals surface area (Å²) in [6.45, 7) is 0.941. The summed E-state index contributed by atoms with van der Waals surface area (Å²) in [4.78, 5) is 0. The molecule has 3 nitrogen and oxygen atoms in total. The Kier molecular flexibility index (Phi) is 4.83. The van der Waals surface area contributed by atoms with Gasteiger partial charge < -0.3 is 14.8 Å². The number of halogens is 3. The molecular weight excluding hydrogens is 319 g/mol. The van der Waals surface area contributed by atoms with Gasteiger partial charge in [0.05, 0.1) is 6.61 Å². The molecule has 1 fully saturated rings. The van der Waals surface area contributed by atoms with Gasteiger partial charge in [-0.05, 0) is 49.1 Å². The molecule has 1 N–H and O–H groups in total. The molecule has 0 spiro atoms. The SMILES string of the molecule is FC(F)(F)Oc1ccc(OCC2CC2)c(CNc2ccccc2)c1.